The minimum Gasteiger partial charge on any atom is -0.300 e. The smallest absolute Gasteiger partial charge is 0.0233 e. The highest BCUT2D eigenvalue weighted by Gasteiger charge is 1.99. The van der Waals surface area contributed by atoms with Gasteiger partial charge in [-0.15, -0.1) is 0 Å². The van der Waals surface area contributed by atoms with Gasteiger partial charge in [0.25, 0.3) is 0 Å². The second-order valence-corrected chi connectivity index (χ2v) is 2.64. The Labute approximate surface area is 76.1 Å². The Morgan fingerprint density at radius 2 is 1.83 bits per heavy atom. The first-order valence-electron chi connectivity index (χ1n) is 4.44. The largest absolute Gasteiger partial charge is 0.300 e. The van der Waals surface area contributed by atoms with Crippen molar-refractivity contribution in [2.45, 2.75) is 13.8 Å². The second-order valence-electron chi connectivity index (χ2n) is 2.64. The zero-order valence-corrected chi connectivity index (χ0v) is 8.21. The van der Waals surface area contributed by atoms with E-state index in [0.29, 0.717) is 0 Å². The molecule has 0 N–H and O–H groups in total. The maximum atomic E-state index is 3.76. The lowest BCUT2D eigenvalue weighted by molar-refractivity contribution is 0.332. The Morgan fingerprint density at radius 1 is 1.25 bits per heavy atom. The van der Waals surface area contributed by atoms with Gasteiger partial charge in [-0.05, 0) is 18.7 Å². The van der Waals surface area contributed by atoms with Gasteiger partial charge < -0.3 is 0 Å². The minimum atomic E-state index is 0.975. The summed E-state index contributed by atoms with van der Waals surface area (Å²) < 4.78 is 0. The van der Waals surface area contributed by atoms with Crippen LogP contribution in [0.4, 0.5) is 0 Å². The molecule has 0 atom stereocenters. The van der Waals surface area contributed by atoms with Crippen LogP contribution in [0.3, 0.4) is 0 Å². The highest BCUT2D eigenvalue weighted by atomic mass is 15.1. The fourth-order valence-corrected chi connectivity index (χ4v) is 1.04. The number of rotatable bonds is 6. The Kier molecular flexibility index (Phi) is 6.39. The molecule has 0 aromatic carbocycles. The van der Waals surface area contributed by atoms with E-state index >= 15 is 0 Å². The van der Waals surface area contributed by atoms with Crippen LogP contribution in [0.25, 0.3) is 0 Å². The molecule has 0 aliphatic carbocycles. The van der Waals surface area contributed by atoms with Crippen molar-refractivity contribution < 1.29 is 0 Å². The van der Waals surface area contributed by atoms with Crippen LogP contribution >= 0.6 is 0 Å². The Balaban J connectivity index is 4.08. The molecule has 0 heterocycles. The van der Waals surface area contributed by atoms with Gasteiger partial charge in [0.2, 0.25) is 0 Å². The van der Waals surface area contributed by atoms with Crippen molar-refractivity contribution in [2.75, 3.05) is 19.6 Å². The zero-order chi connectivity index (χ0) is 9.40. The van der Waals surface area contributed by atoms with E-state index in [9.17, 15) is 0 Å². The molecule has 68 valence electrons. The molecule has 0 aliphatic rings. The Morgan fingerprint density at radius 3 is 2.17 bits per heavy atom. The summed E-state index contributed by atoms with van der Waals surface area (Å²) in [6, 6.07) is 0. The third-order valence-corrected chi connectivity index (χ3v) is 1.89. The van der Waals surface area contributed by atoms with E-state index in [-0.39, 0.29) is 0 Å². The van der Waals surface area contributed by atoms with Crippen LogP contribution in [0.2, 0.25) is 0 Å². The van der Waals surface area contributed by atoms with Crippen LogP contribution in [0.5, 0.6) is 0 Å². The second kappa shape index (κ2) is 6.86. The molecule has 0 aromatic rings. The summed E-state index contributed by atoms with van der Waals surface area (Å²) >= 11 is 0. The fraction of sp³-hybridized carbons (Fsp3) is 0.455. The van der Waals surface area contributed by atoms with Gasteiger partial charge in [0, 0.05) is 6.54 Å². The van der Waals surface area contributed by atoms with E-state index < -0.39 is 0 Å². The quantitative estimate of drug-likeness (QED) is 0.547. The maximum absolute atomic E-state index is 3.76. The molecular weight excluding hydrogens is 146 g/mol. The molecule has 0 aromatic heterocycles. The predicted molar refractivity (Wildman–Crippen MR) is 56.3 cm³/mol. The number of allylic oxidation sites excluding steroid dienone is 2. The van der Waals surface area contributed by atoms with Gasteiger partial charge in [0.05, 0.1) is 0 Å². The average molecular weight is 165 g/mol. The summed E-state index contributed by atoms with van der Waals surface area (Å²) in [7, 11) is 0. The molecule has 0 amide bonds. The highest BCUT2D eigenvalue weighted by molar-refractivity contribution is 5.22. The molecule has 0 bridgehead atoms. The van der Waals surface area contributed by atoms with Gasteiger partial charge in [-0.3, -0.25) is 4.90 Å². The number of nitrogens with zero attached hydrogens (tertiary/aromatic N) is 1. The van der Waals surface area contributed by atoms with Crippen molar-refractivity contribution in [2.24, 2.45) is 0 Å². The Hall–Kier alpha value is -0.820. The van der Waals surface area contributed by atoms with Crippen LogP contribution in [0, 0.1) is 0 Å². The number of hydrogen-bond acceptors (Lipinski definition) is 1. The van der Waals surface area contributed by atoms with Crippen molar-refractivity contribution in [3.63, 3.8) is 0 Å². The average Bonchev–Trinajstić information content (AvgIpc) is 2.12. The van der Waals surface area contributed by atoms with E-state index in [1.165, 1.54) is 5.57 Å². The van der Waals surface area contributed by atoms with E-state index in [2.05, 4.69) is 31.9 Å². The molecule has 0 saturated heterocycles. The minimum absolute atomic E-state index is 0.975. The van der Waals surface area contributed by atoms with Crippen molar-refractivity contribution >= 4 is 0 Å². The SMILES string of the molecule is C=C/C=C(\C=C)CN(CC)CC. The molecule has 1 nitrogen and oxygen atoms in total. The van der Waals surface area contributed by atoms with Crippen LogP contribution in [-0.2, 0) is 0 Å². The van der Waals surface area contributed by atoms with E-state index in [1.807, 2.05) is 12.2 Å². The van der Waals surface area contributed by atoms with Crippen LogP contribution in [-0.4, -0.2) is 24.5 Å². The van der Waals surface area contributed by atoms with Gasteiger partial charge in [-0.2, -0.15) is 0 Å². The van der Waals surface area contributed by atoms with E-state index in [1.54, 1.807) is 6.08 Å². The van der Waals surface area contributed by atoms with Crippen LogP contribution in [0.1, 0.15) is 13.8 Å². The zero-order valence-electron chi connectivity index (χ0n) is 8.21. The van der Waals surface area contributed by atoms with Gasteiger partial charge in [-0.25, -0.2) is 0 Å². The Bertz CT molecular complexity index is 164. The summed E-state index contributed by atoms with van der Waals surface area (Å²) in [5, 5.41) is 0. The summed E-state index contributed by atoms with van der Waals surface area (Å²) in [5.41, 5.74) is 1.23. The number of likely N-dealkylation sites (N-methyl/N-ethyl adjacent to an activating group) is 1. The summed E-state index contributed by atoms with van der Waals surface area (Å²) in [4.78, 5) is 2.34. The number of hydrogen-bond donors (Lipinski definition) is 0. The molecule has 12 heavy (non-hydrogen) atoms. The molecule has 0 fully saturated rings. The molecule has 0 spiro atoms. The first kappa shape index (κ1) is 11.2. The van der Waals surface area contributed by atoms with Crippen molar-refractivity contribution in [3.8, 4) is 0 Å². The third kappa shape index (κ3) is 4.14. The van der Waals surface area contributed by atoms with Crippen molar-refractivity contribution in [1.82, 2.24) is 4.90 Å². The first-order chi connectivity index (χ1) is 5.78. The standard InChI is InChI=1S/C11H19N/c1-5-9-11(6-2)10-12(7-3)8-4/h5-6,9H,1-2,7-8,10H2,3-4H3/b11-9+. The van der Waals surface area contributed by atoms with Gasteiger partial charge in [0.15, 0.2) is 0 Å². The van der Waals surface area contributed by atoms with Gasteiger partial charge >= 0.3 is 0 Å². The lowest BCUT2D eigenvalue weighted by atomic mass is 10.2. The molecule has 0 aliphatic heterocycles. The fourth-order valence-electron chi connectivity index (χ4n) is 1.04. The van der Waals surface area contributed by atoms with E-state index in [0.717, 1.165) is 19.6 Å². The summed E-state index contributed by atoms with van der Waals surface area (Å²) in [6.07, 6.45) is 5.70. The van der Waals surface area contributed by atoms with Crippen LogP contribution < -0.4 is 0 Å². The molecule has 0 rings (SSSR count). The van der Waals surface area contributed by atoms with Crippen molar-refractivity contribution in [3.05, 3.63) is 37.0 Å². The summed E-state index contributed by atoms with van der Waals surface area (Å²) in [6.45, 7) is 14.9. The highest BCUT2D eigenvalue weighted by Crippen LogP contribution is 2.00. The monoisotopic (exact) mass is 165 g/mol. The first-order valence-corrected chi connectivity index (χ1v) is 4.44. The van der Waals surface area contributed by atoms with Crippen molar-refractivity contribution in [1.29, 1.82) is 0 Å². The summed E-state index contributed by atoms with van der Waals surface area (Å²) in [5.74, 6) is 0. The van der Waals surface area contributed by atoms with Gasteiger partial charge in [0.1, 0.15) is 0 Å². The lowest BCUT2D eigenvalue weighted by Gasteiger charge is -2.18. The maximum Gasteiger partial charge on any atom is 0.0233 e. The molecule has 0 saturated carbocycles. The predicted octanol–water partition coefficient (Wildman–Crippen LogP) is 2.63. The van der Waals surface area contributed by atoms with E-state index in [4.69, 9.17) is 0 Å². The topological polar surface area (TPSA) is 3.24 Å². The normalized spacial score (nSPS) is 11.8. The molecule has 1 heteroatoms. The lowest BCUT2D eigenvalue weighted by Crippen LogP contribution is -2.24. The van der Waals surface area contributed by atoms with Gasteiger partial charge in [-0.1, -0.05) is 45.2 Å². The molecule has 0 radical (unpaired) electrons. The van der Waals surface area contributed by atoms with Crippen LogP contribution in [0.15, 0.2) is 37.0 Å². The molecular formula is C11H19N. The molecule has 0 unspecified atom stereocenters. The third-order valence-electron chi connectivity index (χ3n) is 1.89.